The van der Waals surface area contributed by atoms with Crippen molar-refractivity contribution >= 4 is 17.8 Å². The first kappa shape index (κ1) is 20.3. The molecule has 1 saturated heterocycles. The van der Waals surface area contributed by atoms with Crippen LogP contribution < -0.4 is 5.32 Å². The number of nitrogens with one attached hydrogen (secondary N) is 1. The quantitative estimate of drug-likeness (QED) is 0.805. The molecule has 1 aliphatic heterocycles. The summed E-state index contributed by atoms with van der Waals surface area (Å²) >= 11 is 0. The number of amides is 2. The number of ether oxygens (including phenoxy) is 1. The van der Waals surface area contributed by atoms with Crippen molar-refractivity contribution < 1.29 is 23.1 Å². The molecule has 2 aliphatic rings. The molecule has 1 aromatic heterocycles. The minimum atomic E-state index is -0.658. The Morgan fingerprint density at radius 3 is 2.37 bits per heavy atom. The van der Waals surface area contributed by atoms with Crippen LogP contribution in [0.1, 0.15) is 32.6 Å². The Hall–Kier alpha value is -3.03. The summed E-state index contributed by atoms with van der Waals surface area (Å²) in [5.41, 5.74) is 0.935. The zero-order valence-corrected chi connectivity index (χ0v) is 16.6. The number of carbonyl (C=O) groups excluding carboxylic acids is 2. The van der Waals surface area contributed by atoms with Gasteiger partial charge in [0.2, 0.25) is 5.91 Å². The first-order valence-electron chi connectivity index (χ1n) is 10.1. The van der Waals surface area contributed by atoms with Crippen molar-refractivity contribution in [2.45, 2.75) is 44.8 Å². The van der Waals surface area contributed by atoms with Crippen molar-refractivity contribution in [3.8, 4) is 11.1 Å². The third kappa shape index (κ3) is 4.42. The predicted octanol–water partition coefficient (Wildman–Crippen LogP) is 4.36. The molecule has 1 atom stereocenters. The molecule has 2 heterocycles. The van der Waals surface area contributed by atoms with E-state index < -0.39 is 11.6 Å². The van der Waals surface area contributed by atoms with E-state index in [0.29, 0.717) is 36.3 Å². The van der Waals surface area contributed by atoms with E-state index in [2.05, 4.69) is 10.3 Å². The van der Waals surface area contributed by atoms with Crippen LogP contribution in [0.4, 0.5) is 19.4 Å². The fourth-order valence-electron chi connectivity index (χ4n) is 4.16. The molecule has 0 bridgehead atoms. The van der Waals surface area contributed by atoms with Gasteiger partial charge in [-0.15, -0.1) is 0 Å². The Bertz CT molecular complexity index is 923. The number of nitrogens with zero attached hydrogens (tertiary/aromatic N) is 2. The number of aromatic nitrogens is 1. The van der Waals surface area contributed by atoms with E-state index in [1.165, 1.54) is 18.3 Å². The topological polar surface area (TPSA) is 71.5 Å². The number of halogens is 2. The van der Waals surface area contributed by atoms with E-state index in [1.54, 1.807) is 17.0 Å². The number of benzene rings is 1. The summed E-state index contributed by atoms with van der Waals surface area (Å²) < 4.78 is 32.0. The number of cyclic esters (lactones) is 1. The molecule has 2 amide bonds. The van der Waals surface area contributed by atoms with E-state index in [4.69, 9.17) is 4.74 Å². The van der Waals surface area contributed by atoms with E-state index >= 15 is 0 Å². The highest BCUT2D eigenvalue weighted by Crippen LogP contribution is 2.31. The predicted molar refractivity (Wildman–Crippen MR) is 107 cm³/mol. The minimum Gasteiger partial charge on any atom is -0.444 e. The Labute approximate surface area is 173 Å². The first-order chi connectivity index (χ1) is 14.4. The van der Waals surface area contributed by atoms with Gasteiger partial charge in [0, 0.05) is 29.8 Å². The van der Waals surface area contributed by atoms with Crippen molar-refractivity contribution in [3.63, 3.8) is 0 Å². The monoisotopic (exact) mass is 415 g/mol. The lowest BCUT2D eigenvalue weighted by atomic mass is 9.85. The third-order valence-corrected chi connectivity index (χ3v) is 5.71. The molecule has 1 aromatic carbocycles. The smallest absolute Gasteiger partial charge is 0.410 e. The highest BCUT2D eigenvalue weighted by Gasteiger charge is 2.37. The lowest BCUT2D eigenvalue weighted by Crippen LogP contribution is -2.40. The average Bonchev–Trinajstić information content (AvgIpc) is 3.06. The molecule has 1 aliphatic carbocycles. The lowest BCUT2D eigenvalue weighted by molar-refractivity contribution is -0.121. The molecule has 0 unspecified atom stereocenters. The van der Waals surface area contributed by atoms with E-state index in [9.17, 15) is 18.4 Å². The Balaban J connectivity index is 1.33. The van der Waals surface area contributed by atoms with Crippen molar-refractivity contribution in [1.29, 1.82) is 0 Å². The second kappa shape index (κ2) is 8.38. The molecule has 4 rings (SSSR count). The number of hydrogen-bond donors (Lipinski definition) is 1. The van der Waals surface area contributed by atoms with Crippen molar-refractivity contribution in [2.24, 2.45) is 5.92 Å². The summed E-state index contributed by atoms with van der Waals surface area (Å²) in [7, 11) is 0. The molecule has 8 heteroatoms. The SMILES string of the molecule is C[C@@H]1CN(C2CCC(C(=O)Nc3ccc(-c4cc(F)cc(F)c4)cn3)CC2)C(=O)O1. The molecule has 2 fully saturated rings. The third-order valence-electron chi connectivity index (χ3n) is 5.71. The van der Waals surface area contributed by atoms with Crippen LogP contribution in [0, 0.1) is 17.6 Å². The summed E-state index contributed by atoms with van der Waals surface area (Å²) in [6, 6.07) is 6.67. The number of pyridine rings is 1. The van der Waals surface area contributed by atoms with E-state index in [0.717, 1.165) is 18.9 Å². The maximum absolute atomic E-state index is 13.4. The summed E-state index contributed by atoms with van der Waals surface area (Å²) in [5.74, 6) is -1.18. The summed E-state index contributed by atoms with van der Waals surface area (Å²) in [4.78, 5) is 30.5. The van der Waals surface area contributed by atoms with Gasteiger partial charge in [-0.3, -0.25) is 4.79 Å². The molecule has 158 valence electrons. The molecular formula is C22H23F2N3O3. The van der Waals surface area contributed by atoms with Gasteiger partial charge in [0.1, 0.15) is 23.6 Å². The highest BCUT2D eigenvalue weighted by atomic mass is 19.1. The van der Waals surface area contributed by atoms with Gasteiger partial charge in [0.25, 0.3) is 0 Å². The van der Waals surface area contributed by atoms with Gasteiger partial charge >= 0.3 is 6.09 Å². The maximum Gasteiger partial charge on any atom is 0.410 e. The fraction of sp³-hybridized carbons (Fsp3) is 0.409. The Morgan fingerprint density at radius 1 is 1.10 bits per heavy atom. The van der Waals surface area contributed by atoms with Gasteiger partial charge in [-0.25, -0.2) is 18.6 Å². The second-order valence-electron chi connectivity index (χ2n) is 7.93. The number of carbonyl (C=O) groups is 2. The Morgan fingerprint density at radius 2 is 1.80 bits per heavy atom. The summed E-state index contributed by atoms with van der Waals surface area (Å²) in [6.45, 7) is 2.48. The fourth-order valence-corrected chi connectivity index (χ4v) is 4.16. The largest absolute Gasteiger partial charge is 0.444 e. The number of hydrogen-bond acceptors (Lipinski definition) is 4. The van der Waals surface area contributed by atoms with Crippen molar-refractivity contribution in [1.82, 2.24) is 9.88 Å². The van der Waals surface area contributed by atoms with Gasteiger partial charge in [0.05, 0.1) is 6.54 Å². The molecule has 2 aromatic rings. The van der Waals surface area contributed by atoms with Crippen LogP contribution in [0.25, 0.3) is 11.1 Å². The maximum atomic E-state index is 13.4. The first-order valence-corrected chi connectivity index (χ1v) is 10.1. The summed E-state index contributed by atoms with van der Waals surface area (Å²) in [5, 5.41) is 2.81. The summed E-state index contributed by atoms with van der Waals surface area (Å²) in [6.07, 6.45) is 4.02. The van der Waals surface area contributed by atoms with Crippen LogP contribution >= 0.6 is 0 Å². The van der Waals surface area contributed by atoms with Crippen molar-refractivity contribution in [3.05, 3.63) is 48.2 Å². The standard InChI is InChI=1S/C22H23F2N3O3/c1-13-12-27(22(29)30-13)19-5-2-14(3-6-19)21(28)26-20-7-4-15(11-25-20)16-8-17(23)10-18(24)9-16/h4,7-11,13-14,19H,2-3,5-6,12H2,1H3,(H,25,26,28)/t13-,14?,19?/m1/s1. The molecule has 6 nitrogen and oxygen atoms in total. The number of anilines is 1. The number of rotatable bonds is 4. The molecule has 0 spiro atoms. The second-order valence-corrected chi connectivity index (χ2v) is 7.93. The molecular weight excluding hydrogens is 392 g/mol. The molecule has 1 saturated carbocycles. The average molecular weight is 415 g/mol. The van der Waals surface area contributed by atoms with Crippen LogP contribution in [0.5, 0.6) is 0 Å². The van der Waals surface area contributed by atoms with Gasteiger partial charge < -0.3 is 15.0 Å². The van der Waals surface area contributed by atoms with E-state index in [1.807, 2.05) is 6.92 Å². The molecule has 1 N–H and O–H groups in total. The van der Waals surface area contributed by atoms with Gasteiger partial charge in [-0.1, -0.05) is 0 Å². The van der Waals surface area contributed by atoms with E-state index in [-0.39, 0.29) is 30.1 Å². The van der Waals surface area contributed by atoms with Crippen LogP contribution in [0.3, 0.4) is 0 Å². The van der Waals surface area contributed by atoms with Gasteiger partial charge in [-0.05, 0) is 62.4 Å². The zero-order valence-electron chi connectivity index (χ0n) is 16.6. The van der Waals surface area contributed by atoms with Crippen molar-refractivity contribution in [2.75, 3.05) is 11.9 Å². The van der Waals surface area contributed by atoms with Crippen LogP contribution in [-0.2, 0) is 9.53 Å². The van der Waals surface area contributed by atoms with Crippen LogP contribution in [0.2, 0.25) is 0 Å². The minimum absolute atomic E-state index is 0.0866. The highest BCUT2D eigenvalue weighted by molar-refractivity contribution is 5.91. The Kier molecular flexibility index (Phi) is 5.65. The van der Waals surface area contributed by atoms with Gasteiger partial charge in [-0.2, -0.15) is 0 Å². The zero-order chi connectivity index (χ0) is 21.3. The lowest BCUT2D eigenvalue weighted by Gasteiger charge is -2.32. The van der Waals surface area contributed by atoms with Gasteiger partial charge in [0.15, 0.2) is 0 Å². The molecule has 0 radical (unpaired) electrons. The van der Waals surface area contributed by atoms with Crippen LogP contribution in [-0.4, -0.2) is 40.6 Å². The van der Waals surface area contributed by atoms with Crippen LogP contribution in [0.15, 0.2) is 36.5 Å². The normalized spacial score (nSPS) is 23.9. The molecule has 30 heavy (non-hydrogen) atoms.